The summed E-state index contributed by atoms with van der Waals surface area (Å²) >= 11 is 7.43. The van der Waals surface area contributed by atoms with Gasteiger partial charge in [0, 0.05) is 22.2 Å². The SMILES string of the molecule is COc1cccc(-c2csc(/C(C#N)=C/Nc3cc(Cl)ccc3OC)n2)c1. The van der Waals surface area contributed by atoms with Crippen molar-refractivity contribution in [2.24, 2.45) is 0 Å². The van der Waals surface area contributed by atoms with Crippen molar-refractivity contribution in [1.82, 2.24) is 4.98 Å². The molecule has 0 aliphatic heterocycles. The van der Waals surface area contributed by atoms with E-state index < -0.39 is 0 Å². The highest BCUT2D eigenvalue weighted by molar-refractivity contribution is 7.11. The van der Waals surface area contributed by atoms with Crippen LogP contribution in [0, 0.1) is 11.3 Å². The van der Waals surface area contributed by atoms with Crippen molar-refractivity contribution in [3.05, 3.63) is 64.1 Å². The number of hydrogen-bond acceptors (Lipinski definition) is 6. The maximum atomic E-state index is 9.53. The summed E-state index contributed by atoms with van der Waals surface area (Å²) in [4.78, 5) is 4.57. The van der Waals surface area contributed by atoms with Gasteiger partial charge in [0.25, 0.3) is 0 Å². The average molecular weight is 398 g/mol. The van der Waals surface area contributed by atoms with Gasteiger partial charge in [-0.2, -0.15) is 5.26 Å². The Morgan fingerprint density at radius 3 is 2.81 bits per heavy atom. The molecule has 0 saturated carbocycles. The average Bonchev–Trinajstić information content (AvgIpc) is 3.19. The third-order valence-electron chi connectivity index (χ3n) is 3.75. The molecule has 27 heavy (non-hydrogen) atoms. The van der Waals surface area contributed by atoms with Crippen LogP contribution in [0.25, 0.3) is 16.8 Å². The largest absolute Gasteiger partial charge is 0.497 e. The molecule has 0 saturated heterocycles. The number of allylic oxidation sites excluding steroid dienone is 1. The van der Waals surface area contributed by atoms with Crippen molar-refractivity contribution < 1.29 is 9.47 Å². The Bertz CT molecular complexity index is 1020. The van der Waals surface area contributed by atoms with Crippen LogP contribution >= 0.6 is 22.9 Å². The van der Waals surface area contributed by atoms with Crippen molar-refractivity contribution in [2.75, 3.05) is 19.5 Å². The molecular weight excluding hydrogens is 382 g/mol. The first-order valence-electron chi connectivity index (χ1n) is 7.95. The maximum absolute atomic E-state index is 9.53. The van der Waals surface area contributed by atoms with Gasteiger partial charge in [-0.3, -0.25) is 0 Å². The zero-order valence-corrected chi connectivity index (χ0v) is 16.3. The first-order valence-corrected chi connectivity index (χ1v) is 9.21. The molecule has 0 atom stereocenters. The number of nitrogens with one attached hydrogen (secondary N) is 1. The van der Waals surface area contributed by atoms with Crippen LogP contribution in [0.2, 0.25) is 5.02 Å². The highest BCUT2D eigenvalue weighted by Crippen LogP contribution is 2.30. The lowest BCUT2D eigenvalue weighted by Gasteiger charge is -2.08. The number of thiazole rings is 1. The fourth-order valence-electron chi connectivity index (χ4n) is 2.40. The van der Waals surface area contributed by atoms with Crippen molar-refractivity contribution in [3.63, 3.8) is 0 Å². The molecule has 0 radical (unpaired) electrons. The minimum atomic E-state index is 0.413. The molecular formula is C20H16ClN3O2S. The van der Waals surface area contributed by atoms with Gasteiger partial charge < -0.3 is 14.8 Å². The minimum Gasteiger partial charge on any atom is -0.497 e. The Morgan fingerprint density at radius 2 is 2.07 bits per heavy atom. The number of nitriles is 1. The summed E-state index contributed by atoms with van der Waals surface area (Å²) in [6.07, 6.45) is 1.60. The summed E-state index contributed by atoms with van der Waals surface area (Å²) in [5.41, 5.74) is 2.80. The van der Waals surface area contributed by atoms with Crippen LogP contribution in [0.15, 0.2) is 54.0 Å². The number of benzene rings is 2. The summed E-state index contributed by atoms with van der Waals surface area (Å²) in [6, 6.07) is 15.0. The number of rotatable bonds is 6. The molecule has 0 spiro atoms. The van der Waals surface area contributed by atoms with E-state index in [2.05, 4.69) is 16.4 Å². The van der Waals surface area contributed by atoms with E-state index in [4.69, 9.17) is 21.1 Å². The van der Waals surface area contributed by atoms with E-state index >= 15 is 0 Å². The standard InChI is InChI=1S/C20H16ClN3O2S/c1-25-16-5-3-4-13(8-16)18-12-27-20(24-18)14(10-22)11-23-17-9-15(21)6-7-19(17)26-2/h3-9,11-12,23H,1-2H3/b14-11+. The Labute approximate surface area is 166 Å². The topological polar surface area (TPSA) is 67.2 Å². The van der Waals surface area contributed by atoms with Crippen LogP contribution in [0.5, 0.6) is 11.5 Å². The lowest BCUT2D eigenvalue weighted by atomic mass is 10.1. The molecule has 1 N–H and O–H groups in total. The summed E-state index contributed by atoms with van der Waals surface area (Å²) < 4.78 is 10.5. The van der Waals surface area contributed by atoms with Crippen LogP contribution < -0.4 is 14.8 Å². The molecule has 2 aromatic carbocycles. The van der Waals surface area contributed by atoms with E-state index in [0.29, 0.717) is 27.0 Å². The van der Waals surface area contributed by atoms with Crippen molar-refractivity contribution in [1.29, 1.82) is 5.26 Å². The first kappa shape index (κ1) is 18.8. The molecule has 0 unspecified atom stereocenters. The number of halogens is 1. The van der Waals surface area contributed by atoms with Gasteiger partial charge in [-0.05, 0) is 30.3 Å². The summed E-state index contributed by atoms with van der Waals surface area (Å²) in [7, 11) is 3.20. The summed E-state index contributed by atoms with van der Waals surface area (Å²) in [5.74, 6) is 1.39. The first-order chi connectivity index (χ1) is 13.1. The molecule has 0 amide bonds. The predicted molar refractivity (Wildman–Crippen MR) is 109 cm³/mol. The molecule has 7 heteroatoms. The number of nitrogens with zero attached hydrogens (tertiary/aromatic N) is 2. The quantitative estimate of drug-likeness (QED) is 0.559. The summed E-state index contributed by atoms with van der Waals surface area (Å²) in [6.45, 7) is 0. The molecule has 0 aliphatic carbocycles. The van der Waals surface area contributed by atoms with E-state index in [1.54, 1.807) is 38.6 Å². The van der Waals surface area contributed by atoms with E-state index in [9.17, 15) is 5.26 Å². The molecule has 0 bridgehead atoms. The predicted octanol–water partition coefficient (Wildman–Crippen LogP) is 5.46. The lowest BCUT2D eigenvalue weighted by Crippen LogP contribution is -1.95. The van der Waals surface area contributed by atoms with E-state index in [-0.39, 0.29) is 0 Å². The number of anilines is 1. The van der Waals surface area contributed by atoms with Gasteiger partial charge in [0.1, 0.15) is 28.1 Å². The van der Waals surface area contributed by atoms with Gasteiger partial charge >= 0.3 is 0 Å². The highest BCUT2D eigenvalue weighted by atomic mass is 35.5. The normalized spacial score (nSPS) is 11.0. The summed E-state index contributed by atoms with van der Waals surface area (Å²) in [5, 5.41) is 15.7. The van der Waals surface area contributed by atoms with Crippen LogP contribution in [-0.4, -0.2) is 19.2 Å². The number of aromatic nitrogens is 1. The third-order valence-corrected chi connectivity index (χ3v) is 4.86. The molecule has 136 valence electrons. The Hall–Kier alpha value is -3.01. The van der Waals surface area contributed by atoms with Crippen LogP contribution in [0.3, 0.4) is 0 Å². The van der Waals surface area contributed by atoms with Crippen molar-refractivity contribution in [3.8, 4) is 28.8 Å². The molecule has 1 aromatic heterocycles. The number of hydrogen-bond donors (Lipinski definition) is 1. The van der Waals surface area contributed by atoms with Crippen LogP contribution in [0.4, 0.5) is 5.69 Å². The van der Waals surface area contributed by atoms with Crippen molar-refractivity contribution >= 4 is 34.2 Å². The Kier molecular flexibility index (Phi) is 5.97. The maximum Gasteiger partial charge on any atom is 0.142 e. The molecule has 1 heterocycles. The van der Waals surface area contributed by atoms with Crippen molar-refractivity contribution in [2.45, 2.75) is 0 Å². The van der Waals surface area contributed by atoms with Gasteiger partial charge in [-0.15, -0.1) is 11.3 Å². The minimum absolute atomic E-state index is 0.413. The van der Waals surface area contributed by atoms with Gasteiger partial charge in [-0.25, -0.2) is 4.98 Å². The van der Waals surface area contributed by atoms with E-state index in [1.165, 1.54) is 11.3 Å². The number of ether oxygens (including phenoxy) is 2. The smallest absolute Gasteiger partial charge is 0.142 e. The second kappa shape index (κ2) is 8.58. The second-order valence-corrected chi connectivity index (χ2v) is 6.72. The zero-order valence-electron chi connectivity index (χ0n) is 14.7. The molecule has 0 fully saturated rings. The van der Waals surface area contributed by atoms with Gasteiger partial charge in [0.05, 0.1) is 25.6 Å². The fraction of sp³-hybridized carbons (Fsp3) is 0.100. The second-order valence-electron chi connectivity index (χ2n) is 5.43. The van der Waals surface area contributed by atoms with Gasteiger partial charge in [0.15, 0.2) is 0 Å². The lowest BCUT2D eigenvalue weighted by molar-refractivity contribution is 0.415. The number of methoxy groups -OCH3 is 2. The van der Waals surface area contributed by atoms with E-state index in [0.717, 1.165) is 17.0 Å². The molecule has 3 aromatic rings. The highest BCUT2D eigenvalue weighted by Gasteiger charge is 2.10. The molecule has 0 aliphatic rings. The fourth-order valence-corrected chi connectivity index (χ4v) is 3.36. The molecule has 3 rings (SSSR count). The Balaban J connectivity index is 1.86. The van der Waals surface area contributed by atoms with Gasteiger partial charge in [-0.1, -0.05) is 23.7 Å². The molecule has 5 nitrogen and oxygen atoms in total. The third kappa shape index (κ3) is 4.40. The van der Waals surface area contributed by atoms with E-state index in [1.807, 2.05) is 29.6 Å². The zero-order chi connectivity index (χ0) is 19.2. The van der Waals surface area contributed by atoms with Gasteiger partial charge in [0.2, 0.25) is 0 Å². The van der Waals surface area contributed by atoms with Crippen LogP contribution in [-0.2, 0) is 0 Å². The Morgan fingerprint density at radius 1 is 1.22 bits per heavy atom. The monoisotopic (exact) mass is 397 g/mol. The van der Waals surface area contributed by atoms with Crippen LogP contribution in [0.1, 0.15) is 5.01 Å².